The largest absolute Gasteiger partial charge is 0.465 e. The second-order valence-electron chi connectivity index (χ2n) is 8.44. The van der Waals surface area contributed by atoms with Crippen LogP contribution in [0.2, 0.25) is 0 Å². The molecule has 1 aromatic heterocycles. The van der Waals surface area contributed by atoms with Crippen molar-refractivity contribution < 1.29 is 27.1 Å². The minimum Gasteiger partial charge on any atom is -0.465 e. The van der Waals surface area contributed by atoms with E-state index in [9.17, 15) is 31.9 Å². The van der Waals surface area contributed by atoms with Crippen LogP contribution in [-0.2, 0) is 16.3 Å². The predicted molar refractivity (Wildman–Crippen MR) is 129 cm³/mol. The normalized spacial score (nSPS) is 15.5. The van der Waals surface area contributed by atoms with Gasteiger partial charge in [0.05, 0.1) is 17.2 Å². The SMILES string of the molecule is O=C(O)N(CCN1CCS(=O)(=O)CC1)c1cccc(Cc2nn(-c3ccc(F)c(F)c3)ccc2=O)c1. The van der Waals surface area contributed by atoms with Gasteiger partial charge in [0.2, 0.25) is 5.43 Å². The molecular weight excluding hydrogens is 494 g/mol. The first-order chi connectivity index (χ1) is 17.1. The number of nitrogens with zero attached hydrogens (tertiary/aromatic N) is 4. The van der Waals surface area contributed by atoms with E-state index in [1.165, 1.54) is 27.9 Å². The molecule has 0 bridgehead atoms. The molecule has 0 radical (unpaired) electrons. The first kappa shape index (κ1) is 25.5. The Labute approximate surface area is 206 Å². The van der Waals surface area contributed by atoms with Crippen molar-refractivity contribution in [2.45, 2.75) is 6.42 Å². The summed E-state index contributed by atoms with van der Waals surface area (Å²) in [6, 6.07) is 11.2. The third-order valence-electron chi connectivity index (χ3n) is 5.95. The molecule has 1 aliphatic rings. The van der Waals surface area contributed by atoms with Gasteiger partial charge in [0.25, 0.3) is 0 Å². The number of halogens is 2. The molecule has 0 unspecified atom stereocenters. The summed E-state index contributed by atoms with van der Waals surface area (Å²) in [4.78, 5) is 27.4. The van der Waals surface area contributed by atoms with E-state index in [4.69, 9.17) is 0 Å². The van der Waals surface area contributed by atoms with Crippen LogP contribution in [0.4, 0.5) is 19.3 Å². The van der Waals surface area contributed by atoms with Gasteiger partial charge in [-0.25, -0.2) is 26.7 Å². The number of aromatic nitrogens is 2. The number of carbonyl (C=O) groups is 1. The summed E-state index contributed by atoms with van der Waals surface area (Å²) in [6.07, 6.45) is 0.289. The van der Waals surface area contributed by atoms with Crippen molar-refractivity contribution >= 4 is 21.6 Å². The molecule has 1 fully saturated rings. The van der Waals surface area contributed by atoms with Crippen molar-refractivity contribution in [3.8, 4) is 5.69 Å². The van der Waals surface area contributed by atoms with Gasteiger partial charge >= 0.3 is 6.09 Å². The Morgan fingerprint density at radius 3 is 2.50 bits per heavy atom. The number of rotatable bonds is 7. The number of benzene rings is 2. The molecule has 0 aliphatic carbocycles. The number of carboxylic acid groups (broad SMARTS) is 1. The summed E-state index contributed by atoms with van der Waals surface area (Å²) in [5.74, 6) is -1.92. The Kier molecular flexibility index (Phi) is 7.45. The number of anilines is 1. The highest BCUT2D eigenvalue weighted by Gasteiger charge is 2.23. The van der Waals surface area contributed by atoms with Crippen LogP contribution in [-0.4, -0.2) is 72.0 Å². The number of sulfone groups is 1. The lowest BCUT2D eigenvalue weighted by atomic mass is 10.1. The highest BCUT2D eigenvalue weighted by atomic mass is 32.2. The lowest BCUT2D eigenvalue weighted by Crippen LogP contribution is -2.45. The molecule has 1 aliphatic heterocycles. The van der Waals surface area contributed by atoms with Crippen LogP contribution in [0.1, 0.15) is 11.3 Å². The van der Waals surface area contributed by atoms with E-state index in [2.05, 4.69) is 5.10 Å². The maximum atomic E-state index is 13.6. The monoisotopic (exact) mass is 518 g/mol. The maximum Gasteiger partial charge on any atom is 0.411 e. The zero-order chi connectivity index (χ0) is 25.9. The third-order valence-corrected chi connectivity index (χ3v) is 7.56. The van der Waals surface area contributed by atoms with Crippen LogP contribution in [0.25, 0.3) is 5.69 Å². The lowest BCUT2D eigenvalue weighted by molar-refractivity contribution is 0.199. The molecule has 36 heavy (non-hydrogen) atoms. The standard InChI is InChI=1S/C24H24F2N4O5S/c25-20-5-4-19(16-21(20)26)30-7-6-23(31)22(27-30)15-17-2-1-3-18(14-17)29(24(32)33)9-8-28-10-12-36(34,35)13-11-28/h1-7,14,16H,8-13,15H2,(H,32,33). The molecule has 0 spiro atoms. The van der Waals surface area contributed by atoms with Crippen LogP contribution in [0, 0.1) is 11.6 Å². The van der Waals surface area contributed by atoms with Crippen molar-refractivity contribution in [2.24, 2.45) is 0 Å². The fourth-order valence-corrected chi connectivity index (χ4v) is 5.20. The predicted octanol–water partition coefficient (Wildman–Crippen LogP) is 2.32. The van der Waals surface area contributed by atoms with E-state index >= 15 is 0 Å². The molecule has 3 aromatic rings. The highest BCUT2D eigenvalue weighted by molar-refractivity contribution is 7.91. The second kappa shape index (κ2) is 10.5. The number of hydrogen-bond donors (Lipinski definition) is 1. The van der Waals surface area contributed by atoms with Gasteiger partial charge < -0.3 is 5.11 Å². The summed E-state index contributed by atoms with van der Waals surface area (Å²) in [7, 11) is -3.03. The van der Waals surface area contributed by atoms with E-state index in [1.54, 1.807) is 24.3 Å². The maximum absolute atomic E-state index is 13.6. The number of hydrogen-bond acceptors (Lipinski definition) is 6. The molecular formula is C24H24F2N4O5S. The molecule has 1 amide bonds. The van der Waals surface area contributed by atoms with Gasteiger partial charge in [-0.3, -0.25) is 14.6 Å². The fourth-order valence-electron chi connectivity index (χ4n) is 3.92. The van der Waals surface area contributed by atoms with E-state index in [0.717, 1.165) is 12.1 Å². The molecule has 0 atom stereocenters. The van der Waals surface area contributed by atoms with Gasteiger partial charge in [-0.15, -0.1) is 0 Å². The Hall–Kier alpha value is -3.64. The summed E-state index contributed by atoms with van der Waals surface area (Å²) in [6.45, 7) is 1.25. The fraction of sp³-hybridized carbons (Fsp3) is 0.292. The average molecular weight is 519 g/mol. The van der Waals surface area contributed by atoms with Crippen LogP contribution < -0.4 is 10.3 Å². The van der Waals surface area contributed by atoms with E-state index in [-0.39, 0.29) is 41.3 Å². The molecule has 2 heterocycles. The highest BCUT2D eigenvalue weighted by Crippen LogP contribution is 2.19. The van der Waals surface area contributed by atoms with Gasteiger partial charge in [-0.1, -0.05) is 12.1 Å². The van der Waals surface area contributed by atoms with Crippen LogP contribution in [0.15, 0.2) is 59.5 Å². The van der Waals surface area contributed by atoms with Gasteiger partial charge in [0.15, 0.2) is 21.5 Å². The molecule has 1 saturated heterocycles. The third kappa shape index (κ3) is 6.13. The Morgan fingerprint density at radius 2 is 1.81 bits per heavy atom. The van der Waals surface area contributed by atoms with Crippen LogP contribution >= 0.6 is 0 Å². The minimum atomic E-state index is -3.03. The Morgan fingerprint density at radius 1 is 1.06 bits per heavy atom. The molecule has 1 N–H and O–H groups in total. The van der Waals surface area contributed by atoms with Crippen molar-refractivity contribution in [3.05, 3.63) is 87.8 Å². The quantitative estimate of drug-likeness (QED) is 0.511. The first-order valence-electron chi connectivity index (χ1n) is 11.2. The van der Waals surface area contributed by atoms with Crippen molar-refractivity contribution in [3.63, 3.8) is 0 Å². The zero-order valence-electron chi connectivity index (χ0n) is 19.2. The van der Waals surface area contributed by atoms with Crippen LogP contribution in [0.3, 0.4) is 0 Å². The van der Waals surface area contributed by atoms with Gasteiger partial charge in [-0.2, -0.15) is 5.10 Å². The first-order valence-corrected chi connectivity index (χ1v) is 13.0. The molecule has 0 saturated carbocycles. The van der Waals surface area contributed by atoms with Crippen LogP contribution in [0.5, 0.6) is 0 Å². The molecule has 9 nitrogen and oxygen atoms in total. The average Bonchev–Trinajstić information content (AvgIpc) is 2.83. The van der Waals surface area contributed by atoms with Gasteiger partial charge in [-0.05, 0) is 29.8 Å². The van der Waals surface area contributed by atoms with Crippen molar-refractivity contribution in [2.75, 3.05) is 42.6 Å². The molecule has 190 valence electrons. The second-order valence-corrected chi connectivity index (χ2v) is 10.7. The van der Waals surface area contributed by atoms with Gasteiger partial charge in [0.1, 0.15) is 5.69 Å². The van der Waals surface area contributed by atoms with E-state index in [0.29, 0.717) is 30.9 Å². The summed E-state index contributed by atoms with van der Waals surface area (Å²) < 4.78 is 51.4. The summed E-state index contributed by atoms with van der Waals surface area (Å²) >= 11 is 0. The molecule has 4 rings (SSSR count). The number of amides is 1. The van der Waals surface area contributed by atoms with E-state index < -0.39 is 27.6 Å². The summed E-state index contributed by atoms with van der Waals surface area (Å²) in [5, 5.41) is 14.0. The zero-order valence-corrected chi connectivity index (χ0v) is 20.0. The Balaban J connectivity index is 1.51. The Bertz CT molecular complexity index is 1430. The molecule has 2 aromatic carbocycles. The van der Waals surface area contributed by atoms with Crippen molar-refractivity contribution in [1.82, 2.24) is 14.7 Å². The summed E-state index contributed by atoms with van der Waals surface area (Å²) in [5.41, 5.74) is 1.08. The molecule has 12 heteroatoms. The smallest absolute Gasteiger partial charge is 0.411 e. The minimum absolute atomic E-state index is 0.0573. The van der Waals surface area contributed by atoms with E-state index in [1.807, 2.05) is 4.90 Å². The van der Waals surface area contributed by atoms with Crippen molar-refractivity contribution in [1.29, 1.82) is 0 Å². The topological polar surface area (TPSA) is 113 Å². The van der Waals surface area contributed by atoms with Gasteiger partial charge in [0, 0.05) is 56.6 Å². The lowest BCUT2D eigenvalue weighted by Gasteiger charge is -2.29.